The van der Waals surface area contributed by atoms with Crippen LogP contribution in [-0.2, 0) is 22.6 Å². The van der Waals surface area contributed by atoms with Crippen LogP contribution in [0.2, 0.25) is 0 Å². The molecule has 1 fully saturated rings. The van der Waals surface area contributed by atoms with E-state index < -0.39 is 0 Å². The van der Waals surface area contributed by atoms with Crippen LogP contribution in [0.25, 0.3) is 0 Å². The summed E-state index contributed by atoms with van der Waals surface area (Å²) >= 11 is 0. The maximum Gasteiger partial charge on any atom is 0.226 e. The van der Waals surface area contributed by atoms with Crippen molar-refractivity contribution >= 4 is 5.91 Å². The summed E-state index contributed by atoms with van der Waals surface area (Å²) in [5, 5.41) is 0. The van der Waals surface area contributed by atoms with Crippen molar-refractivity contribution < 1.29 is 9.53 Å². The number of methoxy groups -OCH3 is 1. The Labute approximate surface area is 137 Å². The summed E-state index contributed by atoms with van der Waals surface area (Å²) in [5.74, 6) is 0.513. The zero-order chi connectivity index (χ0) is 16.1. The van der Waals surface area contributed by atoms with Gasteiger partial charge in [0.2, 0.25) is 5.91 Å². The Morgan fingerprint density at radius 3 is 2.70 bits per heavy atom. The molecule has 1 heterocycles. The van der Waals surface area contributed by atoms with Gasteiger partial charge in [-0.3, -0.25) is 4.79 Å². The first-order valence-corrected chi connectivity index (χ1v) is 8.23. The van der Waals surface area contributed by atoms with Gasteiger partial charge in [0.05, 0.1) is 13.2 Å². The van der Waals surface area contributed by atoms with E-state index in [0.717, 1.165) is 19.4 Å². The molecule has 4 heteroatoms. The van der Waals surface area contributed by atoms with Crippen LogP contribution in [0.5, 0.6) is 0 Å². The molecule has 0 spiro atoms. The molecule has 1 aliphatic rings. The fourth-order valence-electron chi connectivity index (χ4n) is 2.78. The molecule has 1 amide bonds. The van der Waals surface area contributed by atoms with E-state index in [-0.39, 0.29) is 11.8 Å². The highest BCUT2D eigenvalue weighted by Gasteiger charge is 2.33. The second-order valence-corrected chi connectivity index (χ2v) is 6.14. The molecule has 4 nitrogen and oxygen atoms in total. The Balaban J connectivity index is 1.70. The lowest BCUT2D eigenvalue weighted by atomic mass is 10.2. The van der Waals surface area contributed by atoms with E-state index in [1.807, 2.05) is 17.0 Å². The van der Waals surface area contributed by atoms with Crippen LogP contribution in [0.4, 0.5) is 0 Å². The van der Waals surface area contributed by atoms with Crippen molar-refractivity contribution in [1.82, 2.24) is 9.47 Å². The third-order valence-electron chi connectivity index (χ3n) is 4.28. The zero-order valence-electron chi connectivity index (χ0n) is 13.6. The molecular weight excluding hydrogens is 288 g/mol. The SMILES string of the molecule is COCCN(Cc1cccn1Cc1ccccc1)C(=O)C1CC1. The van der Waals surface area contributed by atoms with Gasteiger partial charge in [-0.15, -0.1) is 0 Å². The van der Waals surface area contributed by atoms with Crippen molar-refractivity contribution in [3.8, 4) is 0 Å². The van der Waals surface area contributed by atoms with Gasteiger partial charge in [-0.05, 0) is 30.5 Å². The van der Waals surface area contributed by atoms with Crippen LogP contribution in [0.15, 0.2) is 48.7 Å². The van der Waals surface area contributed by atoms with E-state index in [1.54, 1.807) is 7.11 Å². The number of benzene rings is 1. The number of ether oxygens (including phenoxy) is 1. The first-order chi connectivity index (χ1) is 11.3. The van der Waals surface area contributed by atoms with Gasteiger partial charge >= 0.3 is 0 Å². The Hall–Kier alpha value is -2.07. The molecule has 1 saturated carbocycles. The van der Waals surface area contributed by atoms with Crippen molar-refractivity contribution in [2.24, 2.45) is 5.92 Å². The van der Waals surface area contributed by atoms with Gasteiger partial charge in [0.15, 0.2) is 0 Å². The Kier molecular flexibility index (Phi) is 5.13. The number of aromatic nitrogens is 1. The standard InChI is InChI=1S/C19H24N2O2/c1-23-13-12-21(19(22)17-9-10-17)15-18-8-5-11-20(18)14-16-6-3-2-4-7-16/h2-8,11,17H,9-10,12-15H2,1H3. The minimum Gasteiger partial charge on any atom is -0.383 e. The first-order valence-electron chi connectivity index (χ1n) is 8.23. The molecular formula is C19H24N2O2. The minimum absolute atomic E-state index is 0.240. The smallest absolute Gasteiger partial charge is 0.226 e. The van der Waals surface area contributed by atoms with Gasteiger partial charge in [-0.1, -0.05) is 30.3 Å². The molecule has 0 bridgehead atoms. The number of nitrogens with zero attached hydrogens (tertiary/aromatic N) is 2. The molecule has 1 aromatic heterocycles. The van der Waals surface area contributed by atoms with Gasteiger partial charge < -0.3 is 14.2 Å². The van der Waals surface area contributed by atoms with E-state index in [2.05, 4.69) is 41.1 Å². The number of hydrogen-bond donors (Lipinski definition) is 0. The second-order valence-electron chi connectivity index (χ2n) is 6.14. The number of carbonyl (C=O) groups is 1. The average molecular weight is 312 g/mol. The van der Waals surface area contributed by atoms with E-state index in [4.69, 9.17) is 4.74 Å². The third kappa shape index (κ3) is 4.23. The molecule has 0 N–H and O–H groups in total. The molecule has 0 radical (unpaired) electrons. The lowest BCUT2D eigenvalue weighted by Gasteiger charge is -2.23. The van der Waals surface area contributed by atoms with E-state index in [9.17, 15) is 4.79 Å². The van der Waals surface area contributed by atoms with E-state index >= 15 is 0 Å². The predicted molar refractivity (Wildman–Crippen MR) is 90.0 cm³/mol. The first kappa shape index (κ1) is 15.8. The van der Waals surface area contributed by atoms with Gasteiger partial charge in [0.1, 0.15) is 0 Å². The maximum atomic E-state index is 12.5. The Morgan fingerprint density at radius 1 is 1.22 bits per heavy atom. The number of hydrogen-bond acceptors (Lipinski definition) is 2. The average Bonchev–Trinajstić information content (AvgIpc) is 3.34. The maximum absolute atomic E-state index is 12.5. The molecule has 0 unspecified atom stereocenters. The highest BCUT2D eigenvalue weighted by atomic mass is 16.5. The molecule has 2 aromatic rings. The van der Waals surface area contributed by atoms with Crippen molar-refractivity contribution in [1.29, 1.82) is 0 Å². The Bertz CT molecular complexity index is 632. The zero-order valence-corrected chi connectivity index (χ0v) is 13.6. The summed E-state index contributed by atoms with van der Waals surface area (Å²) < 4.78 is 7.38. The van der Waals surface area contributed by atoms with Crippen LogP contribution < -0.4 is 0 Å². The van der Waals surface area contributed by atoms with Gasteiger partial charge in [-0.2, -0.15) is 0 Å². The highest BCUT2D eigenvalue weighted by molar-refractivity contribution is 5.81. The summed E-state index contributed by atoms with van der Waals surface area (Å²) in [4.78, 5) is 14.4. The van der Waals surface area contributed by atoms with Gasteiger partial charge in [0.25, 0.3) is 0 Å². The summed E-state index contributed by atoms with van der Waals surface area (Å²) in [6.45, 7) is 2.72. The topological polar surface area (TPSA) is 34.5 Å². The quantitative estimate of drug-likeness (QED) is 0.751. The molecule has 0 aliphatic heterocycles. The second kappa shape index (κ2) is 7.47. The monoisotopic (exact) mass is 312 g/mol. The van der Waals surface area contributed by atoms with Crippen LogP contribution in [0.1, 0.15) is 24.1 Å². The molecule has 1 aromatic carbocycles. The third-order valence-corrected chi connectivity index (χ3v) is 4.28. The highest BCUT2D eigenvalue weighted by Crippen LogP contribution is 2.31. The van der Waals surface area contributed by atoms with Crippen LogP contribution in [0, 0.1) is 5.92 Å². The van der Waals surface area contributed by atoms with Crippen molar-refractivity contribution in [2.45, 2.75) is 25.9 Å². The minimum atomic E-state index is 0.240. The van der Waals surface area contributed by atoms with E-state index in [0.29, 0.717) is 19.7 Å². The molecule has 0 saturated heterocycles. The largest absolute Gasteiger partial charge is 0.383 e. The molecule has 0 atom stereocenters. The van der Waals surface area contributed by atoms with Crippen LogP contribution >= 0.6 is 0 Å². The molecule has 3 rings (SSSR count). The normalized spacial score (nSPS) is 14.0. The summed E-state index contributed by atoms with van der Waals surface area (Å²) in [6.07, 6.45) is 4.15. The van der Waals surface area contributed by atoms with Crippen molar-refractivity contribution in [3.05, 3.63) is 59.9 Å². The fourth-order valence-corrected chi connectivity index (χ4v) is 2.78. The van der Waals surface area contributed by atoms with Crippen molar-refractivity contribution in [2.75, 3.05) is 20.3 Å². The van der Waals surface area contributed by atoms with Crippen LogP contribution in [0.3, 0.4) is 0 Å². The lowest BCUT2D eigenvalue weighted by molar-refractivity contribution is -0.133. The predicted octanol–water partition coefficient (Wildman–Crippen LogP) is 2.92. The van der Waals surface area contributed by atoms with Crippen molar-refractivity contribution in [3.63, 3.8) is 0 Å². The van der Waals surface area contributed by atoms with Crippen LogP contribution in [-0.4, -0.2) is 35.6 Å². The number of rotatable bonds is 8. The number of amides is 1. The van der Waals surface area contributed by atoms with E-state index in [1.165, 1.54) is 11.3 Å². The molecule has 1 aliphatic carbocycles. The fraction of sp³-hybridized carbons (Fsp3) is 0.421. The van der Waals surface area contributed by atoms with Gasteiger partial charge in [0, 0.05) is 38.0 Å². The Morgan fingerprint density at radius 2 is 2.00 bits per heavy atom. The molecule has 23 heavy (non-hydrogen) atoms. The number of carbonyl (C=O) groups excluding carboxylic acids is 1. The van der Waals surface area contributed by atoms with Gasteiger partial charge in [-0.25, -0.2) is 0 Å². The summed E-state index contributed by atoms with van der Waals surface area (Å²) in [7, 11) is 1.68. The lowest BCUT2D eigenvalue weighted by Crippen LogP contribution is -2.35. The summed E-state index contributed by atoms with van der Waals surface area (Å²) in [5.41, 5.74) is 2.43. The summed E-state index contributed by atoms with van der Waals surface area (Å²) in [6, 6.07) is 14.5. The molecule has 122 valence electrons.